The molecule has 2 bridgehead atoms. The monoisotopic (exact) mass is 539 g/mol. The molecule has 0 radical (unpaired) electrons. The number of fused-ring (bicyclic) bond motifs is 3. The second-order valence-electron chi connectivity index (χ2n) is 11.5. The van der Waals surface area contributed by atoms with E-state index in [0.717, 1.165) is 23.9 Å². The van der Waals surface area contributed by atoms with Gasteiger partial charge in [-0.05, 0) is 50.7 Å². The molecule has 1 aliphatic carbocycles. The van der Waals surface area contributed by atoms with Gasteiger partial charge in [0.2, 0.25) is 0 Å². The van der Waals surface area contributed by atoms with Gasteiger partial charge in [0.1, 0.15) is 0 Å². The average molecular weight is 540 g/mol. The van der Waals surface area contributed by atoms with Gasteiger partial charge in [-0.1, -0.05) is 44.2 Å². The largest absolute Gasteiger partial charge is 0.480 e. The zero-order valence-electron chi connectivity index (χ0n) is 22.6. The smallest absolute Gasteiger partial charge is 0.317 e. The van der Waals surface area contributed by atoms with Gasteiger partial charge in [0.05, 0.1) is 24.1 Å². The molecule has 2 aliphatic heterocycles. The van der Waals surface area contributed by atoms with Crippen LogP contribution < -0.4 is 10.9 Å². The van der Waals surface area contributed by atoms with Crippen molar-refractivity contribution in [2.75, 3.05) is 31.5 Å². The Balaban J connectivity index is 1.35. The van der Waals surface area contributed by atoms with Crippen molar-refractivity contribution in [2.45, 2.75) is 94.8 Å². The van der Waals surface area contributed by atoms with Gasteiger partial charge < -0.3 is 20.1 Å². The van der Waals surface area contributed by atoms with Crippen LogP contribution in [0.5, 0.6) is 0 Å². The van der Waals surface area contributed by atoms with Crippen LogP contribution in [0, 0.1) is 0 Å². The molecular weight excluding hydrogens is 498 g/mol. The number of carboxylic acids is 2. The molecule has 1 saturated carbocycles. The lowest BCUT2D eigenvalue weighted by atomic mass is 9.89. The van der Waals surface area contributed by atoms with Crippen LogP contribution in [-0.4, -0.2) is 85.8 Å². The van der Waals surface area contributed by atoms with E-state index in [0.29, 0.717) is 18.1 Å². The highest BCUT2D eigenvalue weighted by Crippen LogP contribution is 2.44. The summed E-state index contributed by atoms with van der Waals surface area (Å²) < 4.78 is 1.94. The van der Waals surface area contributed by atoms with E-state index in [9.17, 15) is 14.4 Å². The summed E-state index contributed by atoms with van der Waals surface area (Å²) in [7, 11) is 0. The average Bonchev–Trinajstić information content (AvgIpc) is 3.12. The summed E-state index contributed by atoms with van der Waals surface area (Å²) in [5.74, 6) is -1.96. The van der Waals surface area contributed by atoms with E-state index >= 15 is 0 Å². The summed E-state index contributed by atoms with van der Waals surface area (Å²) in [6.07, 6.45) is 13.6. The molecule has 2 aromatic rings. The maximum Gasteiger partial charge on any atom is 0.317 e. The lowest BCUT2D eigenvalue weighted by Gasteiger charge is -2.45. The number of benzene rings is 1. The Morgan fingerprint density at radius 3 is 2.13 bits per heavy atom. The van der Waals surface area contributed by atoms with Crippen LogP contribution >= 0.6 is 0 Å². The molecule has 5 rings (SSSR count). The zero-order chi connectivity index (χ0) is 27.4. The Bertz CT molecular complexity index is 1190. The molecular formula is C29H41N5O5. The van der Waals surface area contributed by atoms with Crippen molar-refractivity contribution in [3.63, 3.8) is 0 Å². The Hall–Kier alpha value is -2.98. The van der Waals surface area contributed by atoms with E-state index in [1.54, 1.807) is 0 Å². The second-order valence-corrected chi connectivity index (χ2v) is 11.5. The summed E-state index contributed by atoms with van der Waals surface area (Å²) in [6.45, 7) is -0.388. The summed E-state index contributed by atoms with van der Waals surface area (Å²) in [4.78, 5) is 44.9. The van der Waals surface area contributed by atoms with Crippen LogP contribution in [0.1, 0.15) is 76.7 Å². The van der Waals surface area contributed by atoms with Crippen LogP contribution in [0.2, 0.25) is 0 Å². The van der Waals surface area contributed by atoms with Crippen molar-refractivity contribution < 1.29 is 19.8 Å². The number of carbonyl (C=O) groups is 2. The lowest BCUT2D eigenvalue weighted by molar-refractivity contribution is -0.141. The van der Waals surface area contributed by atoms with Crippen molar-refractivity contribution in [2.24, 2.45) is 0 Å². The fraction of sp³-hybridized carbons (Fsp3) is 0.655. The predicted molar refractivity (Wildman–Crippen MR) is 149 cm³/mol. The van der Waals surface area contributed by atoms with Gasteiger partial charge in [0.25, 0.3) is 5.56 Å². The number of carboxylic acid groups (broad SMARTS) is 2. The quantitative estimate of drug-likeness (QED) is 0.415. The summed E-state index contributed by atoms with van der Waals surface area (Å²) in [6, 6.07) is 9.53. The van der Waals surface area contributed by atoms with E-state index in [1.807, 2.05) is 28.8 Å². The second kappa shape index (κ2) is 12.5. The standard InChI is InChI=1S/C29H41N5O5/c35-26(36)18-32(19-27(37)38)15-14-30-28-29(39)34(25-11-7-6-10-24(25)31-28)23-16-21-12-13-22(17-23)33(21)20-8-4-2-1-3-5-9-20/h6-7,10-11,20-23H,1-5,8-9,12-19H2,(H,30,31)(H,35,36)(H,37,38)/t21-,22?,23+/m0/s1. The minimum Gasteiger partial charge on any atom is -0.480 e. The molecule has 1 aromatic heterocycles. The minimum atomic E-state index is -1.09. The lowest BCUT2D eigenvalue weighted by Crippen LogP contribution is -2.50. The Kier molecular flexibility index (Phi) is 8.82. The summed E-state index contributed by atoms with van der Waals surface area (Å²) in [5.41, 5.74) is 1.41. The highest BCUT2D eigenvalue weighted by atomic mass is 16.4. The highest BCUT2D eigenvalue weighted by Gasteiger charge is 2.44. The fourth-order valence-electron chi connectivity index (χ4n) is 7.29. The first-order valence-electron chi connectivity index (χ1n) is 14.6. The number of nitrogens with one attached hydrogen (secondary N) is 1. The van der Waals surface area contributed by atoms with Crippen LogP contribution in [0.25, 0.3) is 11.0 Å². The van der Waals surface area contributed by atoms with Gasteiger partial charge in [-0.25, -0.2) is 4.98 Å². The van der Waals surface area contributed by atoms with Crippen LogP contribution in [0.4, 0.5) is 5.82 Å². The number of anilines is 1. The Morgan fingerprint density at radius 1 is 0.872 bits per heavy atom. The zero-order valence-corrected chi connectivity index (χ0v) is 22.6. The maximum atomic E-state index is 13.8. The third-order valence-corrected chi connectivity index (χ3v) is 8.86. The number of hydrogen-bond acceptors (Lipinski definition) is 7. The van der Waals surface area contributed by atoms with Gasteiger partial charge >= 0.3 is 11.9 Å². The molecule has 3 N–H and O–H groups in total. The number of aromatic nitrogens is 2. The molecule has 39 heavy (non-hydrogen) atoms. The van der Waals surface area contributed by atoms with Gasteiger partial charge in [-0.3, -0.25) is 24.2 Å². The molecule has 3 heterocycles. The number of nitrogens with zero attached hydrogens (tertiary/aromatic N) is 4. The summed E-state index contributed by atoms with van der Waals surface area (Å²) >= 11 is 0. The maximum absolute atomic E-state index is 13.8. The van der Waals surface area contributed by atoms with Gasteiger partial charge in [-0.2, -0.15) is 0 Å². The minimum absolute atomic E-state index is 0.101. The van der Waals surface area contributed by atoms with E-state index in [-0.39, 0.29) is 43.6 Å². The predicted octanol–water partition coefficient (Wildman–Crippen LogP) is 3.56. The van der Waals surface area contributed by atoms with Crippen molar-refractivity contribution >= 4 is 28.8 Å². The molecule has 1 unspecified atom stereocenters. The van der Waals surface area contributed by atoms with Crippen LogP contribution in [-0.2, 0) is 9.59 Å². The fourth-order valence-corrected chi connectivity index (χ4v) is 7.29. The molecule has 3 atom stereocenters. The molecule has 0 amide bonds. The van der Waals surface area contributed by atoms with E-state index in [1.165, 1.54) is 62.7 Å². The Morgan fingerprint density at radius 2 is 1.49 bits per heavy atom. The molecule has 3 fully saturated rings. The number of para-hydroxylation sites is 2. The van der Waals surface area contributed by atoms with Gasteiger partial charge in [0, 0.05) is 37.3 Å². The molecule has 2 saturated heterocycles. The molecule has 3 aliphatic rings. The highest BCUT2D eigenvalue weighted by molar-refractivity contribution is 5.76. The first-order valence-corrected chi connectivity index (χ1v) is 14.6. The summed E-state index contributed by atoms with van der Waals surface area (Å²) in [5, 5.41) is 21.3. The van der Waals surface area contributed by atoms with Gasteiger partial charge in [0.15, 0.2) is 5.82 Å². The molecule has 1 aromatic carbocycles. The normalized spacial score (nSPS) is 24.5. The van der Waals surface area contributed by atoms with E-state index in [2.05, 4.69) is 15.2 Å². The first kappa shape index (κ1) is 27.6. The molecule has 0 spiro atoms. The van der Waals surface area contributed by atoms with E-state index in [4.69, 9.17) is 10.2 Å². The molecule has 212 valence electrons. The topological polar surface area (TPSA) is 128 Å². The number of aliphatic carboxylic acids is 2. The van der Waals surface area contributed by atoms with Crippen LogP contribution in [0.15, 0.2) is 29.1 Å². The molecule has 10 nitrogen and oxygen atoms in total. The number of piperidine rings is 1. The van der Waals surface area contributed by atoms with Gasteiger partial charge in [-0.15, -0.1) is 0 Å². The van der Waals surface area contributed by atoms with Crippen LogP contribution in [0.3, 0.4) is 0 Å². The van der Waals surface area contributed by atoms with Crippen molar-refractivity contribution in [1.82, 2.24) is 19.4 Å². The number of rotatable bonds is 10. The Labute approximate surface area is 229 Å². The third-order valence-electron chi connectivity index (χ3n) is 8.86. The van der Waals surface area contributed by atoms with Crippen molar-refractivity contribution in [1.29, 1.82) is 0 Å². The third kappa shape index (κ3) is 6.44. The molecule has 10 heteroatoms. The van der Waals surface area contributed by atoms with Crippen molar-refractivity contribution in [3.05, 3.63) is 34.6 Å². The number of hydrogen-bond donors (Lipinski definition) is 3. The van der Waals surface area contributed by atoms with Crippen molar-refractivity contribution in [3.8, 4) is 0 Å². The SMILES string of the molecule is O=C(O)CN(CCNc1nc2ccccc2n([C@H]2CC3CC[C@@H](C2)N3C2CCCCCCC2)c1=O)CC(=O)O. The van der Waals surface area contributed by atoms with E-state index < -0.39 is 11.9 Å². The first-order chi connectivity index (χ1) is 18.9.